The first-order valence-corrected chi connectivity index (χ1v) is 10.3. The number of hydrogen-bond acceptors (Lipinski definition) is 8. The number of aromatic nitrogens is 2. The van der Waals surface area contributed by atoms with Crippen molar-refractivity contribution in [2.45, 2.75) is 44.1 Å². The van der Waals surface area contributed by atoms with Gasteiger partial charge in [0, 0.05) is 23.1 Å². The highest BCUT2D eigenvalue weighted by atomic mass is 31.2. The highest BCUT2D eigenvalue weighted by Crippen LogP contribution is 2.52. The van der Waals surface area contributed by atoms with Crippen LogP contribution in [0.5, 0.6) is 0 Å². The van der Waals surface area contributed by atoms with Crippen molar-refractivity contribution in [1.82, 2.24) is 9.55 Å². The Morgan fingerprint density at radius 3 is 2.30 bits per heavy atom. The first-order chi connectivity index (χ1) is 15.1. The Balaban J connectivity index is 2.19. The average molecular weight is 511 g/mol. The van der Waals surface area contributed by atoms with Crippen molar-refractivity contribution in [3.05, 3.63) is 43.0 Å². The van der Waals surface area contributed by atoms with Crippen LogP contribution in [-0.2, 0) is 22.9 Å². The molecule has 0 aliphatic carbocycles. The van der Waals surface area contributed by atoms with E-state index in [9.17, 15) is 40.5 Å². The highest BCUT2D eigenvalue weighted by molar-refractivity contribution is 7.48. The van der Waals surface area contributed by atoms with E-state index in [2.05, 4.69) is 23.6 Å². The van der Waals surface area contributed by atoms with Crippen molar-refractivity contribution in [2.75, 3.05) is 19.8 Å². The maximum absolute atomic E-state index is 12.4. The third-order valence-corrected chi connectivity index (χ3v) is 5.39. The third-order valence-electron chi connectivity index (χ3n) is 4.03. The van der Waals surface area contributed by atoms with Crippen LogP contribution in [0.15, 0.2) is 20.9 Å². The van der Waals surface area contributed by atoms with Gasteiger partial charge in [-0.25, -0.2) is 9.36 Å². The first kappa shape index (κ1) is 26.9. The molecule has 2 heterocycles. The standard InChI is InChI=1S/C14H16F6N5O7P/c1-7-3-25(12(27)22-11(7)26)10-2-8(23-24-21)9(32-10)4-29-33(28,30-5-13(15,16)17)31-6-14(18,19)20/h3,8-10H,2,4-6H2,1H3,(H,22,26,27)/t8-,9+,10+/m0/s1. The maximum atomic E-state index is 12.4. The van der Waals surface area contributed by atoms with Crippen LogP contribution < -0.4 is 11.2 Å². The van der Waals surface area contributed by atoms with E-state index < -0.39 is 69.6 Å². The van der Waals surface area contributed by atoms with Gasteiger partial charge in [-0.15, -0.1) is 0 Å². The zero-order valence-corrected chi connectivity index (χ0v) is 17.4. The largest absolute Gasteiger partial charge is 0.475 e. The third kappa shape index (κ3) is 8.17. The zero-order chi connectivity index (χ0) is 25.0. The molecule has 0 saturated carbocycles. The summed E-state index contributed by atoms with van der Waals surface area (Å²) in [5.41, 5.74) is 7.24. The van der Waals surface area contributed by atoms with E-state index in [-0.39, 0.29) is 12.0 Å². The summed E-state index contributed by atoms with van der Waals surface area (Å²) in [6, 6.07) is -1.14. The SMILES string of the molecule is Cc1cn([C@H]2C[C@H](N=[N+]=[N-])[C@@H](COP(=O)(OCC(F)(F)F)OCC(F)(F)F)O2)c(=O)[nH]c1=O. The molecule has 1 aliphatic rings. The van der Waals surface area contributed by atoms with E-state index in [1.807, 2.05) is 4.98 Å². The number of rotatable bonds is 9. The van der Waals surface area contributed by atoms with E-state index in [1.165, 1.54) is 6.92 Å². The first-order valence-electron chi connectivity index (χ1n) is 8.81. The normalized spacial score (nSPS) is 21.7. The number of phosphoric acid groups is 1. The Kier molecular flexibility index (Phi) is 8.37. The molecule has 1 fully saturated rings. The van der Waals surface area contributed by atoms with Gasteiger partial charge in [-0.05, 0) is 12.5 Å². The molecule has 1 aromatic heterocycles. The lowest BCUT2D eigenvalue weighted by atomic mass is 10.1. The second-order valence-electron chi connectivity index (χ2n) is 6.64. The van der Waals surface area contributed by atoms with Crippen LogP contribution in [0.4, 0.5) is 26.3 Å². The number of aromatic amines is 1. The van der Waals surface area contributed by atoms with Crippen LogP contribution in [0.25, 0.3) is 10.4 Å². The molecule has 33 heavy (non-hydrogen) atoms. The number of H-pyrrole nitrogens is 1. The number of nitrogens with zero attached hydrogens (tertiary/aromatic N) is 4. The fourth-order valence-electron chi connectivity index (χ4n) is 2.60. The van der Waals surface area contributed by atoms with Crippen LogP contribution in [0, 0.1) is 6.92 Å². The van der Waals surface area contributed by atoms with Crippen molar-refractivity contribution in [2.24, 2.45) is 5.11 Å². The molecule has 186 valence electrons. The molecule has 0 spiro atoms. The smallest absolute Gasteiger partial charge is 0.352 e. The fourth-order valence-corrected chi connectivity index (χ4v) is 3.77. The van der Waals surface area contributed by atoms with Gasteiger partial charge < -0.3 is 4.74 Å². The summed E-state index contributed by atoms with van der Waals surface area (Å²) in [6.07, 6.45) is -11.7. The van der Waals surface area contributed by atoms with E-state index >= 15 is 0 Å². The van der Waals surface area contributed by atoms with Gasteiger partial charge in [0.05, 0.1) is 18.8 Å². The summed E-state index contributed by atoms with van der Waals surface area (Å²) in [6.45, 7) is -4.07. The summed E-state index contributed by atoms with van der Waals surface area (Å²) < 4.78 is 105. The van der Waals surface area contributed by atoms with E-state index in [0.29, 0.717) is 0 Å². The van der Waals surface area contributed by atoms with Crippen molar-refractivity contribution in [3.8, 4) is 0 Å². The Bertz CT molecular complexity index is 1030. The summed E-state index contributed by atoms with van der Waals surface area (Å²) in [5.74, 6) is 0. The lowest BCUT2D eigenvalue weighted by Crippen LogP contribution is -2.33. The molecule has 0 radical (unpaired) electrons. The van der Waals surface area contributed by atoms with Crippen LogP contribution in [0.2, 0.25) is 0 Å². The molecular formula is C14H16F6N5O7P. The molecule has 1 N–H and O–H groups in total. The molecule has 2 rings (SSSR count). The topological polar surface area (TPSA) is 158 Å². The summed E-state index contributed by atoms with van der Waals surface area (Å²) in [4.78, 5) is 28.1. The van der Waals surface area contributed by atoms with Crippen LogP contribution in [0.3, 0.4) is 0 Å². The molecule has 19 heteroatoms. The van der Waals surface area contributed by atoms with Gasteiger partial charge in [-0.3, -0.25) is 27.9 Å². The fraction of sp³-hybridized carbons (Fsp3) is 0.714. The highest BCUT2D eigenvalue weighted by Gasteiger charge is 2.42. The van der Waals surface area contributed by atoms with Gasteiger partial charge in [-0.1, -0.05) is 5.11 Å². The quantitative estimate of drug-likeness (QED) is 0.175. The molecular weight excluding hydrogens is 495 g/mol. The van der Waals surface area contributed by atoms with Gasteiger partial charge in [0.1, 0.15) is 6.23 Å². The number of nitrogens with one attached hydrogen (secondary N) is 1. The van der Waals surface area contributed by atoms with Crippen molar-refractivity contribution < 1.29 is 49.2 Å². The summed E-state index contributed by atoms with van der Waals surface area (Å²) >= 11 is 0. The molecule has 0 bridgehead atoms. The van der Waals surface area contributed by atoms with Gasteiger partial charge in [0.15, 0.2) is 13.2 Å². The zero-order valence-electron chi connectivity index (χ0n) is 16.5. The van der Waals surface area contributed by atoms with Crippen LogP contribution in [-0.4, -0.2) is 53.9 Å². The van der Waals surface area contributed by atoms with E-state index in [4.69, 9.17) is 10.3 Å². The second-order valence-corrected chi connectivity index (χ2v) is 8.31. The Morgan fingerprint density at radius 2 is 1.79 bits per heavy atom. The molecule has 1 saturated heterocycles. The number of ether oxygens (including phenoxy) is 1. The van der Waals surface area contributed by atoms with Crippen LogP contribution >= 0.6 is 7.82 Å². The van der Waals surface area contributed by atoms with Crippen LogP contribution in [0.1, 0.15) is 18.2 Å². The minimum absolute atomic E-state index is 0.115. The van der Waals surface area contributed by atoms with Gasteiger partial charge in [-0.2, -0.15) is 26.3 Å². The molecule has 1 aromatic rings. The van der Waals surface area contributed by atoms with Gasteiger partial charge in [0.25, 0.3) is 5.56 Å². The summed E-state index contributed by atoms with van der Waals surface area (Å²) in [5, 5.41) is 3.38. The number of phosphoric ester groups is 1. The molecule has 3 atom stereocenters. The number of halogens is 6. The monoisotopic (exact) mass is 511 g/mol. The minimum atomic E-state index is -5.40. The summed E-state index contributed by atoms with van der Waals surface area (Å²) in [7, 11) is -5.40. The second kappa shape index (κ2) is 10.3. The lowest BCUT2D eigenvalue weighted by Gasteiger charge is -2.22. The number of aryl methyl sites for hydroxylation is 1. The van der Waals surface area contributed by atoms with E-state index in [0.717, 1.165) is 10.8 Å². The predicted octanol–water partition coefficient (Wildman–Crippen LogP) is 3.09. The number of hydrogen-bond donors (Lipinski definition) is 1. The number of alkyl halides is 6. The maximum Gasteiger partial charge on any atom is 0.475 e. The average Bonchev–Trinajstić information content (AvgIpc) is 3.08. The molecule has 0 unspecified atom stereocenters. The molecule has 0 amide bonds. The van der Waals surface area contributed by atoms with E-state index in [1.54, 1.807) is 0 Å². The molecule has 0 aromatic carbocycles. The van der Waals surface area contributed by atoms with Crippen molar-refractivity contribution >= 4 is 7.82 Å². The molecule has 1 aliphatic heterocycles. The van der Waals surface area contributed by atoms with Gasteiger partial charge in [0.2, 0.25) is 0 Å². The lowest BCUT2D eigenvalue weighted by molar-refractivity contribution is -0.171. The Labute approximate surface area is 179 Å². The molecule has 12 nitrogen and oxygen atoms in total. The Hall–Kier alpha value is -2.36. The Morgan fingerprint density at radius 1 is 1.21 bits per heavy atom. The number of azide groups is 1. The minimum Gasteiger partial charge on any atom is -0.352 e. The van der Waals surface area contributed by atoms with Crippen molar-refractivity contribution in [3.63, 3.8) is 0 Å². The predicted molar refractivity (Wildman–Crippen MR) is 95.1 cm³/mol. The van der Waals surface area contributed by atoms with Crippen molar-refractivity contribution in [1.29, 1.82) is 0 Å². The van der Waals surface area contributed by atoms with Gasteiger partial charge >= 0.3 is 25.9 Å².